The van der Waals surface area contributed by atoms with E-state index in [4.69, 9.17) is 11.6 Å². The second kappa shape index (κ2) is 9.26. The molecule has 3 rings (SSSR count). The number of rotatable bonds is 7. The van der Waals surface area contributed by atoms with Gasteiger partial charge in [0.2, 0.25) is 0 Å². The predicted octanol–water partition coefficient (Wildman–Crippen LogP) is 1.89. The number of halogens is 1. The van der Waals surface area contributed by atoms with Crippen LogP contribution in [0.5, 0.6) is 0 Å². The maximum Gasteiger partial charge on any atom is 0.330 e. The van der Waals surface area contributed by atoms with E-state index in [9.17, 15) is 28.1 Å². The average molecular weight is 493 g/mol. The van der Waals surface area contributed by atoms with E-state index in [1.165, 1.54) is 55.2 Å². The maximum absolute atomic E-state index is 12.9. The molecule has 0 fully saturated rings. The maximum atomic E-state index is 12.9. The molecule has 0 atom stereocenters. The van der Waals surface area contributed by atoms with Crippen molar-refractivity contribution in [1.82, 2.24) is 9.13 Å². The summed E-state index contributed by atoms with van der Waals surface area (Å²) in [6.45, 7) is 0. The van der Waals surface area contributed by atoms with Gasteiger partial charge in [0.25, 0.3) is 21.3 Å². The van der Waals surface area contributed by atoms with Gasteiger partial charge in [-0.25, -0.2) is 13.2 Å². The number of anilines is 2. The summed E-state index contributed by atoms with van der Waals surface area (Å²) in [6.07, 6.45) is 2.37. The molecular formula is C19H17ClN6O6S. The minimum Gasteiger partial charge on any atom is -0.303 e. The molecule has 3 aromatic rings. The number of aryl methyl sites for hydroxylation is 1. The lowest BCUT2D eigenvalue weighted by Crippen LogP contribution is -2.38. The zero-order valence-electron chi connectivity index (χ0n) is 17.2. The number of sulfonamides is 1. The molecule has 14 heteroatoms. The predicted molar refractivity (Wildman–Crippen MR) is 123 cm³/mol. The molecule has 0 amide bonds. The first-order valence-corrected chi connectivity index (χ1v) is 11.0. The fourth-order valence-electron chi connectivity index (χ4n) is 2.76. The Morgan fingerprint density at radius 3 is 2.42 bits per heavy atom. The molecule has 33 heavy (non-hydrogen) atoms. The smallest absolute Gasteiger partial charge is 0.303 e. The molecule has 1 heterocycles. The Labute approximate surface area is 192 Å². The third-order valence-electron chi connectivity index (χ3n) is 4.42. The van der Waals surface area contributed by atoms with Crippen molar-refractivity contribution in [3.63, 3.8) is 0 Å². The van der Waals surface area contributed by atoms with E-state index in [1.54, 1.807) is 0 Å². The van der Waals surface area contributed by atoms with E-state index in [1.807, 2.05) is 0 Å². The standard InChI is InChI=1S/C19H17ClN6O6S/c1-24-11-12(18(27)25(2)19(24)28)10-21-22-16-8-7-15(26(29)30)9-17(16)33(31,32)23-14-5-3-13(20)4-6-14/h3-11,22-23H,1-2H3. The first-order valence-electron chi connectivity index (χ1n) is 9.12. The number of nitrogens with one attached hydrogen (secondary N) is 2. The molecule has 0 spiro atoms. The Morgan fingerprint density at radius 2 is 1.79 bits per heavy atom. The Morgan fingerprint density at radius 1 is 1.12 bits per heavy atom. The summed E-state index contributed by atoms with van der Waals surface area (Å²) in [5.41, 5.74) is 1.06. The SMILES string of the molecule is Cn1cc(C=NNc2ccc([N+](=O)[O-])cc2S(=O)(=O)Nc2ccc(Cl)cc2)c(=O)n(C)c1=O. The highest BCUT2D eigenvalue weighted by Crippen LogP contribution is 2.28. The monoisotopic (exact) mass is 492 g/mol. The summed E-state index contributed by atoms with van der Waals surface area (Å²) in [4.78, 5) is 34.0. The highest BCUT2D eigenvalue weighted by atomic mass is 35.5. The van der Waals surface area contributed by atoms with Crippen LogP contribution in [0.4, 0.5) is 17.1 Å². The number of hydrogen-bond donors (Lipinski definition) is 2. The van der Waals surface area contributed by atoms with Crippen LogP contribution in [0.15, 0.2) is 68.2 Å². The molecule has 0 saturated carbocycles. The quantitative estimate of drug-likeness (QED) is 0.289. The van der Waals surface area contributed by atoms with Gasteiger partial charge < -0.3 is 4.57 Å². The molecule has 2 N–H and O–H groups in total. The summed E-state index contributed by atoms with van der Waals surface area (Å²) >= 11 is 5.81. The highest BCUT2D eigenvalue weighted by molar-refractivity contribution is 7.92. The van der Waals surface area contributed by atoms with Crippen molar-refractivity contribution in [2.75, 3.05) is 10.1 Å². The molecule has 2 aromatic carbocycles. The zero-order valence-corrected chi connectivity index (χ0v) is 18.8. The normalized spacial score (nSPS) is 11.5. The second-order valence-corrected chi connectivity index (χ2v) is 8.85. The van der Waals surface area contributed by atoms with Gasteiger partial charge in [-0.1, -0.05) is 11.6 Å². The summed E-state index contributed by atoms with van der Waals surface area (Å²) in [7, 11) is -1.52. The Hall–Kier alpha value is -3.97. The molecule has 0 aliphatic carbocycles. The average Bonchev–Trinajstić information content (AvgIpc) is 2.77. The number of hydrazone groups is 1. The summed E-state index contributed by atoms with van der Waals surface area (Å²) in [5, 5.41) is 15.4. The first-order chi connectivity index (χ1) is 15.5. The van der Waals surface area contributed by atoms with E-state index < -0.39 is 36.8 Å². The van der Waals surface area contributed by atoms with Crippen molar-refractivity contribution in [2.24, 2.45) is 19.2 Å². The van der Waals surface area contributed by atoms with E-state index in [0.29, 0.717) is 5.02 Å². The van der Waals surface area contributed by atoms with Crippen LogP contribution in [-0.4, -0.2) is 28.7 Å². The minimum absolute atomic E-state index is 0.0534. The lowest BCUT2D eigenvalue weighted by Gasteiger charge is -2.12. The van der Waals surface area contributed by atoms with Gasteiger partial charge in [0.05, 0.1) is 22.4 Å². The van der Waals surface area contributed by atoms with Crippen LogP contribution < -0.4 is 21.4 Å². The minimum atomic E-state index is -4.28. The molecule has 0 aliphatic heterocycles. The highest BCUT2D eigenvalue weighted by Gasteiger charge is 2.22. The van der Waals surface area contributed by atoms with Gasteiger partial charge in [-0.2, -0.15) is 5.10 Å². The van der Waals surface area contributed by atoms with Crippen molar-refractivity contribution in [2.45, 2.75) is 4.90 Å². The van der Waals surface area contributed by atoms with Crippen LogP contribution in [-0.2, 0) is 24.1 Å². The molecule has 0 bridgehead atoms. The number of nitro benzene ring substituents is 1. The number of nitro groups is 1. The largest absolute Gasteiger partial charge is 0.330 e. The van der Waals surface area contributed by atoms with E-state index >= 15 is 0 Å². The Balaban J connectivity index is 1.98. The molecule has 1 aromatic heterocycles. The number of benzene rings is 2. The fraction of sp³-hybridized carbons (Fsp3) is 0.105. The molecule has 172 valence electrons. The number of non-ortho nitro benzene ring substituents is 1. The van der Waals surface area contributed by atoms with Crippen LogP contribution in [0.2, 0.25) is 5.02 Å². The lowest BCUT2D eigenvalue weighted by molar-refractivity contribution is -0.385. The van der Waals surface area contributed by atoms with Crippen LogP contribution in [0, 0.1) is 10.1 Å². The van der Waals surface area contributed by atoms with Crippen LogP contribution in [0.1, 0.15) is 5.56 Å². The van der Waals surface area contributed by atoms with Crippen molar-refractivity contribution in [1.29, 1.82) is 0 Å². The van der Waals surface area contributed by atoms with Gasteiger partial charge >= 0.3 is 5.69 Å². The molecule has 12 nitrogen and oxygen atoms in total. The van der Waals surface area contributed by atoms with Gasteiger partial charge in [0, 0.05) is 43.1 Å². The summed E-state index contributed by atoms with van der Waals surface area (Å²) in [6, 6.07) is 8.96. The van der Waals surface area contributed by atoms with Crippen LogP contribution in [0.25, 0.3) is 0 Å². The lowest BCUT2D eigenvalue weighted by atomic mass is 10.3. The van der Waals surface area contributed by atoms with Crippen molar-refractivity contribution in [3.05, 3.63) is 90.2 Å². The molecule has 0 aliphatic rings. The van der Waals surface area contributed by atoms with Crippen molar-refractivity contribution in [3.8, 4) is 0 Å². The number of hydrogen-bond acceptors (Lipinski definition) is 8. The van der Waals surface area contributed by atoms with Crippen LogP contribution in [0.3, 0.4) is 0 Å². The van der Waals surface area contributed by atoms with Gasteiger partial charge in [0.1, 0.15) is 4.90 Å². The fourth-order valence-corrected chi connectivity index (χ4v) is 4.12. The Kier molecular flexibility index (Phi) is 6.65. The summed E-state index contributed by atoms with van der Waals surface area (Å²) < 4.78 is 30.3. The Bertz CT molecular complexity index is 1480. The van der Waals surface area contributed by atoms with Gasteiger partial charge in [-0.3, -0.25) is 29.6 Å². The van der Waals surface area contributed by atoms with Crippen molar-refractivity contribution < 1.29 is 13.3 Å². The summed E-state index contributed by atoms with van der Waals surface area (Å²) in [5.74, 6) is 0. The second-order valence-electron chi connectivity index (χ2n) is 6.76. The van der Waals surface area contributed by atoms with E-state index in [-0.39, 0.29) is 16.9 Å². The van der Waals surface area contributed by atoms with E-state index in [2.05, 4.69) is 15.2 Å². The third-order valence-corrected chi connectivity index (χ3v) is 6.10. The van der Waals surface area contributed by atoms with Gasteiger partial charge in [-0.05, 0) is 30.3 Å². The first kappa shape index (κ1) is 23.7. The molecule has 0 unspecified atom stereocenters. The third kappa shape index (κ3) is 5.27. The van der Waals surface area contributed by atoms with Crippen LogP contribution >= 0.6 is 11.6 Å². The number of aromatic nitrogens is 2. The van der Waals surface area contributed by atoms with Gasteiger partial charge in [-0.15, -0.1) is 0 Å². The van der Waals surface area contributed by atoms with Gasteiger partial charge in [0.15, 0.2) is 0 Å². The topological polar surface area (TPSA) is 158 Å². The van der Waals surface area contributed by atoms with E-state index in [0.717, 1.165) is 22.9 Å². The zero-order chi connectivity index (χ0) is 24.3. The molecule has 0 radical (unpaired) electrons. The van der Waals surface area contributed by atoms with Crippen molar-refractivity contribution >= 4 is 44.9 Å². The molecular weight excluding hydrogens is 476 g/mol. The number of nitrogens with zero attached hydrogens (tertiary/aromatic N) is 4. The molecule has 0 saturated heterocycles.